The molecule has 0 N–H and O–H groups in total. The Hall–Kier alpha value is -5.62. The summed E-state index contributed by atoms with van der Waals surface area (Å²) >= 11 is 0. The zero-order valence-electron chi connectivity index (χ0n) is 61.2. The fourth-order valence-electron chi connectivity index (χ4n) is 16.6. The molecule has 6 aliphatic heterocycles. The Morgan fingerprint density at radius 1 is 0.306 bits per heavy atom. The van der Waals surface area contributed by atoms with E-state index in [1.54, 1.807) is 0 Å². The predicted molar refractivity (Wildman–Crippen MR) is 390 cm³/mol. The van der Waals surface area contributed by atoms with Crippen LogP contribution in [0.1, 0.15) is 227 Å². The standard InChI is InChI=1S/C82H126N6O10/c1-5-7-9-11-13-15-17-19-21-23-25-27-29-37-47-87(3)49-53-91-57-61-95-75-43-45-77-73-67-85-80(90)86-68-74-72(66-84-79(89)83(65-71(73)75)81(85,69-39-33-31-34-40-69)82(84,86)70-41-35-32-36-42-70)76(96-62-58-92-54-50-87)44-46-78(74)98-64-60-94-56-52-88(4,51-55-93-59-63-97-77)48-38-30-28-26-24-22-20-18-16-14-12-10-8-6-2/h31-36,39-46H,5-30,37-38,47-68H2,1-4H3/q+2. The lowest BCUT2D eigenvalue weighted by Crippen LogP contribution is -2.62. The summed E-state index contributed by atoms with van der Waals surface area (Å²) in [5, 5.41) is 0. The van der Waals surface area contributed by atoms with E-state index in [9.17, 15) is 0 Å². The zero-order valence-corrected chi connectivity index (χ0v) is 61.2. The molecule has 0 aromatic heterocycles. The zero-order chi connectivity index (χ0) is 68.1. The number of rotatable bonds is 32. The van der Waals surface area contributed by atoms with Crippen LogP contribution in [0.5, 0.6) is 23.0 Å². The minimum atomic E-state index is -1.42. The van der Waals surface area contributed by atoms with Crippen molar-refractivity contribution in [3.63, 3.8) is 0 Å². The van der Waals surface area contributed by atoms with E-state index in [1.165, 1.54) is 180 Å². The second-order valence-corrected chi connectivity index (χ2v) is 29.6. The molecule has 0 saturated carbocycles. The Morgan fingerprint density at radius 3 is 0.786 bits per heavy atom. The van der Waals surface area contributed by atoms with Gasteiger partial charge in [0.2, 0.25) is 0 Å². The highest BCUT2D eigenvalue weighted by atomic mass is 16.5. The van der Waals surface area contributed by atoms with E-state index in [2.05, 4.69) is 52.2 Å². The highest BCUT2D eigenvalue weighted by Crippen LogP contribution is 2.66. The van der Waals surface area contributed by atoms with E-state index < -0.39 is 11.3 Å². The van der Waals surface area contributed by atoms with Crippen molar-refractivity contribution in [3.05, 3.63) is 118 Å². The minimum Gasteiger partial charge on any atom is -0.491 e. The monoisotopic (exact) mass is 1350 g/mol. The number of likely N-dealkylation sites (N-methyl/N-ethyl adjacent to an activating group) is 2. The highest BCUT2D eigenvalue weighted by molar-refractivity contribution is 5.91. The van der Waals surface area contributed by atoms with Crippen molar-refractivity contribution in [2.45, 2.75) is 231 Å². The quantitative estimate of drug-likeness (QED) is 0.0345. The number of carbonyl (C=O) groups excluding carboxylic acids is 2. The molecule has 0 unspecified atom stereocenters. The first-order chi connectivity index (χ1) is 48.2. The summed E-state index contributed by atoms with van der Waals surface area (Å²) in [5.74, 6) is 2.52. The summed E-state index contributed by atoms with van der Waals surface area (Å²) in [6.45, 7) is 15.7. The molecule has 0 aliphatic carbocycles. The van der Waals surface area contributed by atoms with E-state index in [1.807, 2.05) is 80.3 Å². The van der Waals surface area contributed by atoms with Crippen LogP contribution in [0.2, 0.25) is 0 Å². The Balaban J connectivity index is 0.910. The number of hydrogen-bond donors (Lipinski definition) is 0. The van der Waals surface area contributed by atoms with E-state index >= 15 is 9.59 Å². The molecule has 6 heterocycles. The number of carbonyl (C=O) groups is 2. The number of urea groups is 2. The Bertz CT molecular complexity index is 2700. The molecule has 542 valence electrons. The number of unbranched alkanes of at least 4 members (excludes halogenated alkanes) is 26. The van der Waals surface area contributed by atoms with Gasteiger partial charge in [-0.1, -0.05) is 229 Å². The van der Waals surface area contributed by atoms with Gasteiger partial charge >= 0.3 is 12.1 Å². The summed E-state index contributed by atoms with van der Waals surface area (Å²) in [7, 11) is 4.71. The number of hydrogen-bond acceptors (Lipinski definition) is 10. The lowest BCUT2D eigenvalue weighted by atomic mass is 9.79. The van der Waals surface area contributed by atoms with Gasteiger partial charge < -0.3 is 46.9 Å². The summed E-state index contributed by atoms with van der Waals surface area (Å²) in [6.07, 6.45) is 37.5. The molecule has 4 aromatic carbocycles. The topological polar surface area (TPSA) is 121 Å². The molecule has 2 fully saturated rings. The van der Waals surface area contributed by atoms with Gasteiger partial charge in [0.25, 0.3) is 0 Å². The molecule has 4 aromatic rings. The molecular formula is C82H126N6O10+2. The van der Waals surface area contributed by atoms with Crippen LogP contribution in [0.25, 0.3) is 0 Å². The van der Waals surface area contributed by atoms with Gasteiger partial charge in [-0.3, -0.25) is 19.6 Å². The van der Waals surface area contributed by atoms with Gasteiger partial charge in [0.05, 0.1) is 106 Å². The molecule has 6 aliphatic rings. The summed E-state index contributed by atoms with van der Waals surface area (Å²) in [4.78, 5) is 41.0. The maximum Gasteiger partial charge on any atom is 0.325 e. The van der Waals surface area contributed by atoms with Crippen LogP contribution in [0, 0.1) is 0 Å². The first-order valence-corrected chi connectivity index (χ1v) is 39.3. The maximum absolute atomic E-state index is 16.6. The molecule has 98 heavy (non-hydrogen) atoms. The van der Waals surface area contributed by atoms with Crippen molar-refractivity contribution in [2.75, 3.05) is 133 Å². The number of ether oxygens (including phenoxy) is 8. The Labute approximate surface area is 590 Å². The van der Waals surface area contributed by atoms with Crippen molar-refractivity contribution >= 4 is 12.1 Å². The van der Waals surface area contributed by atoms with Crippen LogP contribution in [-0.2, 0) is 56.5 Å². The Kier molecular flexibility index (Phi) is 29.9. The third-order valence-electron chi connectivity index (χ3n) is 22.4. The molecule has 16 nitrogen and oxygen atoms in total. The van der Waals surface area contributed by atoms with Gasteiger partial charge in [0.15, 0.2) is 11.3 Å². The number of nitrogens with zero attached hydrogens (tertiary/aromatic N) is 6. The average molecular weight is 1360 g/mol. The van der Waals surface area contributed by atoms with E-state index in [-0.39, 0.29) is 38.2 Å². The molecule has 2 saturated heterocycles. The predicted octanol–water partition coefficient (Wildman–Crippen LogP) is 17.1. The SMILES string of the molecule is CCCCCCCCCCCCCCCC[N+]1(C)CCOCCOc2ccc3c4c2CN2C(=O)N5Cc6c(ccc(c6CN6C(=O)N(C4)C2(c2ccccc2)C56c2ccccc2)OCCOCC[N+](C)(CCCCCCCCCCCCCCCC)CCOCCO3)OCCOCC1. The maximum atomic E-state index is 16.6. The van der Waals surface area contributed by atoms with Crippen LogP contribution < -0.4 is 18.9 Å². The van der Waals surface area contributed by atoms with E-state index in [0.717, 1.165) is 81.6 Å². The molecule has 16 heteroatoms. The molecule has 0 spiro atoms. The smallest absolute Gasteiger partial charge is 0.325 e. The third kappa shape index (κ3) is 18.9. The fourth-order valence-corrected chi connectivity index (χ4v) is 16.6. The van der Waals surface area contributed by atoms with Crippen molar-refractivity contribution in [3.8, 4) is 23.0 Å². The minimum absolute atomic E-state index is 0.122. The van der Waals surface area contributed by atoms with Gasteiger partial charge in [0.1, 0.15) is 75.6 Å². The van der Waals surface area contributed by atoms with Gasteiger partial charge in [-0.15, -0.1) is 0 Å². The van der Waals surface area contributed by atoms with Crippen molar-refractivity contribution in [1.82, 2.24) is 19.6 Å². The lowest BCUT2D eigenvalue weighted by Gasteiger charge is -2.49. The first kappa shape index (κ1) is 75.1. The molecule has 0 radical (unpaired) electrons. The average Bonchev–Trinajstić information content (AvgIpc) is 1.47. The van der Waals surface area contributed by atoms with E-state index in [0.29, 0.717) is 102 Å². The van der Waals surface area contributed by atoms with Crippen LogP contribution in [0.4, 0.5) is 9.59 Å². The fraction of sp³-hybridized carbons (Fsp3) is 0.683. The third-order valence-corrected chi connectivity index (χ3v) is 22.4. The van der Waals surface area contributed by atoms with Crippen LogP contribution >= 0.6 is 0 Å². The lowest BCUT2D eigenvalue weighted by molar-refractivity contribution is -0.910. The molecule has 10 rings (SSSR count). The number of benzene rings is 4. The van der Waals surface area contributed by atoms with Crippen LogP contribution in [0.3, 0.4) is 0 Å². The molecule has 4 amide bonds. The summed E-state index contributed by atoms with van der Waals surface area (Å²) in [5.41, 5.74) is 1.98. The van der Waals surface area contributed by atoms with Crippen LogP contribution in [-0.4, -0.2) is 173 Å². The van der Waals surface area contributed by atoms with E-state index in [4.69, 9.17) is 37.9 Å². The summed E-state index contributed by atoms with van der Waals surface area (Å²) < 4.78 is 55.3. The Morgan fingerprint density at radius 2 is 0.541 bits per heavy atom. The largest absolute Gasteiger partial charge is 0.491 e. The molecular weight excluding hydrogens is 1230 g/mol. The highest BCUT2D eigenvalue weighted by Gasteiger charge is 2.81. The first-order valence-electron chi connectivity index (χ1n) is 39.3. The van der Waals surface area contributed by atoms with Crippen LogP contribution in [0.15, 0.2) is 84.9 Å². The second-order valence-electron chi connectivity index (χ2n) is 29.6. The van der Waals surface area contributed by atoms with Crippen molar-refractivity contribution in [2.24, 2.45) is 0 Å². The van der Waals surface area contributed by atoms with Gasteiger partial charge in [0, 0.05) is 33.4 Å². The molecule has 8 bridgehead atoms. The molecule has 0 atom stereocenters. The number of amides is 4. The number of quaternary nitrogens is 2. The van der Waals surface area contributed by atoms with Crippen molar-refractivity contribution in [1.29, 1.82) is 0 Å². The normalized spacial score (nSPS) is 23.4. The summed E-state index contributed by atoms with van der Waals surface area (Å²) in [6, 6.07) is 27.8. The van der Waals surface area contributed by atoms with Gasteiger partial charge in [-0.2, -0.15) is 0 Å². The second kappa shape index (κ2) is 39.0. The van der Waals surface area contributed by atoms with Gasteiger partial charge in [-0.05, 0) is 49.9 Å². The van der Waals surface area contributed by atoms with Crippen molar-refractivity contribution < 1.29 is 56.5 Å². The van der Waals surface area contributed by atoms with Gasteiger partial charge in [-0.25, -0.2) is 9.59 Å².